The lowest BCUT2D eigenvalue weighted by atomic mass is 9.71. The predicted octanol–water partition coefficient (Wildman–Crippen LogP) is 7.45. The third-order valence-electron chi connectivity index (χ3n) is 13.8. The Morgan fingerprint density at radius 2 is 0.372 bits per heavy atom. The lowest BCUT2D eigenvalue weighted by Gasteiger charge is -2.33. The fraction of sp³-hybridized carbons (Fsp3) is 0.829. The highest BCUT2D eigenvalue weighted by atomic mass is 16.6. The first-order valence-electron chi connectivity index (χ1n) is 34.0. The molecular weight excluding hydrogens is 1220 g/mol. The molecule has 2 aromatic carbocycles. The molecule has 1 aliphatic carbocycles. The van der Waals surface area contributed by atoms with Crippen molar-refractivity contribution < 1.29 is 114 Å². The van der Waals surface area contributed by atoms with Gasteiger partial charge in [0.05, 0.1) is 291 Å². The summed E-state index contributed by atoms with van der Waals surface area (Å²) in [6.45, 7) is 32.3. The van der Waals surface area contributed by atoms with Gasteiger partial charge in [0.25, 0.3) is 0 Å². The van der Waals surface area contributed by atoms with Crippen LogP contribution in [0, 0.1) is 13.8 Å². The molecule has 0 unspecified atom stereocenters. The van der Waals surface area contributed by atoms with Crippen molar-refractivity contribution in [3.05, 3.63) is 58.7 Å². The maximum Gasteiger partial charge on any atom is 0.0701 e. The number of hydrogen-bond acceptors (Lipinski definition) is 24. The van der Waals surface area contributed by atoms with Gasteiger partial charge in [-0.2, -0.15) is 0 Å². The van der Waals surface area contributed by atoms with E-state index in [1.165, 1.54) is 33.4 Å². The monoisotopic (exact) mass is 1350 g/mol. The first kappa shape index (κ1) is 89.5. The van der Waals surface area contributed by atoms with Crippen molar-refractivity contribution >= 4 is 0 Å². The van der Waals surface area contributed by atoms with Gasteiger partial charge in [-0.1, -0.05) is 68.8 Å². The Balaban J connectivity index is 0.0000146. The van der Waals surface area contributed by atoms with Gasteiger partial charge < -0.3 is 114 Å². The summed E-state index contributed by atoms with van der Waals surface area (Å²) in [5, 5.41) is 0. The molecule has 94 heavy (non-hydrogen) atoms. The maximum atomic E-state index is 6.11. The van der Waals surface area contributed by atoms with Crippen molar-refractivity contribution in [2.75, 3.05) is 318 Å². The second-order valence-corrected chi connectivity index (χ2v) is 20.8. The van der Waals surface area contributed by atoms with Crippen molar-refractivity contribution in [3.8, 4) is 11.1 Å². The van der Waals surface area contributed by atoms with Crippen LogP contribution in [0.15, 0.2) is 36.4 Å². The number of aryl methyl sites for hydroxylation is 2. The number of rotatable bonds is 74. The second-order valence-electron chi connectivity index (χ2n) is 20.8. The first-order valence-corrected chi connectivity index (χ1v) is 34.0. The highest BCUT2D eigenvalue weighted by molar-refractivity contribution is 5.81. The standard InChI is InChI=1S/C67H118O24.C2H6.CH4/c1-61-7-9-63-64-10-8-62(2)60-66(64)67(65(63)59-61,11-5-13-70-19-21-74-27-29-78-35-37-82-43-45-86-51-53-90-57-55-88-49-47-84-41-39-80-33-31-76-25-23-72-17-15-68-3)12-6-14-71-20-22-75-28-30-79-36-38-83-44-46-87-52-54-91-58-56-89-50-48-85-42-40-81-34-32-77-26-24-73-18-16-69-4;1-2;/h7-10,59-60H,5-6,11-58H2,1-4H3;1-2H3;1H4. The van der Waals surface area contributed by atoms with E-state index in [-0.39, 0.29) is 12.8 Å². The molecule has 24 heteroatoms. The minimum atomic E-state index is -0.122. The molecule has 0 radical (unpaired) electrons. The number of benzene rings is 2. The van der Waals surface area contributed by atoms with Crippen LogP contribution in [0.3, 0.4) is 0 Å². The molecular formula is C70H128O24. The molecule has 0 atom stereocenters. The van der Waals surface area contributed by atoms with E-state index in [1.807, 2.05) is 13.8 Å². The van der Waals surface area contributed by atoms with Crippen LogP contribution < -0.4 is 0 Å². The summed E-state index contributed by atoms with van der Waals surface area (Å²) in [5.41, 5.74) is 7.92. The number of fused-ring (bicyclic) bond motifs is 3. The molecule has 0 heterocycles. The van der Waals surface area contributed by atoms with Gasteiger partial charge in [0.15, 0.2) is 0 Å². The molecule has 0 saturated heterocycles. The summed E-state index contributed by atoms with van der Waals surface area (Å²) < 4.78 is 133. The lowest BCUT2D eigenvalue weighted by Crippen LogP contribution is -2.27. The average Bonchev–Trinajstić information content (AvgIpc) is 1.57. The zero-order valence-electron chi connectivity index (χ0n) is 58.1. The van der Waals surface area contributed by atoms with Gasteiger partial charge >= 0.3 is 0 Å². The van der Waals surface area contributed by atoms with E-state index in [0.29, 0.717) is 304 Å². The van der Waals surface area contributed by atoms with Crippen molar-refractivity contribution in [1.29, 1.82) is 0 Å². The molecule has 24 nitrogen and oxygen atoms in total. The van der Waals surface area contributed by atoms with E-state index < -0.39 is 0 Å². The van der Waals surface area contributed by atoms with E-state index >= 15 is 0 Å². The minimum absolute atomic E-state index is 0. The summed E-state index contributed by atoms with van der Waals surface area (Å²) in [5.74, 6) is 0. The molecule has 552 valence electrons. The topological polar surface area (TPSA) is 222 Å². The van der Waals surface area contributed by atoms with Crippen molar-refractivity contribution in [2.45, 2.75) is 66.2 Å². The predicted molar refractivity (Wildman–Crippen MR) is 360 cm³/mol. The van der Waals surface area contributed by atoms with E-state index in [0.717, 1.165) is 25.7 Å². The summed E-state index contributed by atoms with van der Waals surface area (Å²) in [6.07, 6.45) is 3.81. The largest absolute Gasteiger partial charge is 0.382 e. The fourth-order valence-corrected chi connectivity index (χ4v) is 9.23. The van der Waals surface area contributed by atoms with Gasteiger partial charge in [0.1, 0.15) is 0 Å². The van der Waals surface area contributed by atoms with E-state index in [9.17, 15) is 0 Å². The van der Waals surface area contributed by atoms with Gasteiger partial charge in [-0.25, -0.2) is 0 Å². The molecule has 0 fully saturated rings. The van der Waals surface area contributed by atoms with Crippen LogP contribution in [0.25, 0.3) is 11.1 Å². The maximum absolute atomic E-state index is 6.11. The van der Waals surface area contributed by atoms with Gasteiger partial charge in [-0.05, 0) is 61.8 Å². The molecule has 1 aliphatic rings. The SMILES string of the molecule is C.CC.COCCOCCOCCOCCOCCOCCOCCOCCOCCOCCOCCOCCCC1(CCCOCCOCCOCCOCCOCCOCCOCCOCCOCCOCCOCCOC)c2cc(C)ccc2-c2ccc(C)cc21. The molecule has 0 aliphatic heterocycles. The van der Waals surface area contributed by atoms with Gasteiger partial charge in [-0.15, -0.1) is 0 Å². The summed E-state index contributed by atoms with van der Waals surface area (Å²) >= 11 is 0. The van der Waals surface area contributed by atoms with Crippen LogP contribution >= 0.6 is 0 Å². The van der Waals surface area contributed by atoms with Crippen LogP contribution in [0.1, 0.15) is 69.2 Å². The van der Waals surface area contributed by atoms with E-state index in [1.54, 1.807) is 14.2 Å². The molecule has 2 aromatic rings. The van der Waals surface area contributed by atoms with Crippen LogP contribution in [0.4, 0.5) is 0 Å². The van der Waals surface area contributed by atoms with Crippen LogP contribution in [0.5, 0.6) is 0 Å². The van der Waals surface area contributed by atoms with Crippen molar-refractivity contribution in [1.82, 2.24) is 0 Å². The zero-order valence-corrected chi connectivity index (χ0v) is 58.1. The Hall–Kier alpha value is -2.52. The molecule has 0 saturated carbocycles. The molecule has 0 amide bonds. The van der Waals surface area contributed by atoms with Gasteiger partial charge in [0.2, 0.25) is 0 Å². The second kappa shape index (κ2) is 70.3. The number of hydrogen-bond donors (Lipinski definition) is 0. The van der Waals surface area contributed by atoms with Crippen molar-refractivity contribution in [3.63, 3.8) is 0 Å². The Morgan fingerprint density at radius 1 is 0.223 bits per heavy atom. The smallest absolute Gasteiger partial charge is 0.0701 e. The number of methoxy groups -OCH3 is 2. The fourth-order valence-electron chi connectivity index (χ4n) is 9.23. The first-order chi connectivity index (χ1) is 46.1. The van der Waals surface area contributed by atoms with Crippen LogP contribution in [-0.2, 0) is 119 Å². The van der Waals surface area contributed by atoms with Gasteiger partial charge in [0, 0.05) is 32.8 Å². The lowest BCUT2D eigenvalue weighted by molar-refractivity contribution is -0.0281. The highest BCUT2D eigenvalue weighted by Gasteiger charge is 2.42. The molecule has 0 bridgehead atoms. The normalized spacial score (nSPS) is 12.3. The molecule has 0 spiro atoms. The Bertz CT molecular complexity index is 1730. The molecule has 0 aromatic heterocycles. The summed E-state index contributed by atoms with van der Waals surface area (Å²) in [6, 6.07) is 13.8. The summed E-state index contributed by atoms with van der Waals surface area (Å²) in [7, 11) is 3.29. The third-order valence-corrected chi connectivity index (χ3v) is 13.8. The Kier molecular flexibility index (Phi) is 67.0. The minimum Gasteiger partial charge on any atom is -0.382 e. The highest BCUT2D eigenvalue weighted by Crippen LogP contribution is 2.54. The zero-order chi connectivity index (χ0) is 66.5. The van der Waals surface area contributed by atoms with Crippen LogP contribution in [-0.4, -0.2) is 318 Å². The third kappa shape index (κ3) is 50.8. The van der Waals surface area contributed by atoms with Gasteiger partial charge in [-0.3, -0.25) is 0 Å². The molecule has 0 N–H and O–H groups in total. The van der Waals surface area contributed by atoms with E-state index in [2.05, 4.69) is 50.2 Å². The molecule has 3 rings (SSSR count). The Labute approximate surface area is 565 Å². The van der Waals surface area contributed by atoms with E-state index in [4.69, 9.17) is 114 Å². The number of ether oxygens (including phenoxy) is 24. The van der Waals surface area contributed by atoms with Crippen molar-refractivity contribution in [2.24, 2.45) is 0 Å². The quantitative estimate of drug-likeness (QED) is 0.0587. The van der Waals surface area contributed by atoms with Crippen LogP contribution in [0.2, 0.25) is 0 Å². The summed E-state index contributed by atoms with van der Waals surface area (Å²) in [4.78, 5) is 0. The average molecular weight is 1350 g/mol. The Morgan fingerprint density at radius 3 is 0.532 bits per heavy atom.